The quantitative estimate of drug-likeness (QED) is 0.0202. The summed E-state index contributed by atoms with van der Waals surface area (Å²) < 4.78 is 65.8. The average Bonchev–Trinajstić information content (AvgIpc) is 1.61. The van der Waals surface area contributed by atoms with Crippen LogP contribution in [-0.2, 0) is 31.1 Å². The zero-order valence-corrected chi connectivity index (χ0v) is 57.7. The molecular formula is C75H117N2O6PS2. The molecule has 8 nitrogen and oxygen atoms in total. The highest BCUT2D eigenvalue weighted by Gasteiger charge is 2.44. The highest BCUT2D eigenvalue weighted by atomic mass is 32.2. The summed E-state index contributed by atoms with van der Waals surface area (Å²) in [6.45, 7) is 19.6. The number of hydrogen-bond donors (Lipinski definition) is 1. The molecule has 86 heavy (non-hydrogen) atoms. The van der Waals surface area contributed by atoms with Crippen LogP contribution in [0.25, 0.3) is 21.5 Å². The minimum atomic E-state index is -4.25. The molecule has 0 fully saturated rings. The number of nitrogens with zero attached hydrogens (tertiary/aromatic N) is 2. The second-order valence-electron chi connectivity index (χ2n) is 26.5. The Morgan fingerprint density at radius 1 is 0.477 bits per heavy atom. The van der Waals surface area contributed by atoms with E-state index in [0.29, 0.717) is 38.8 Å². The second-order valence-corrected chi connectivity index (χ2v) is 34.0. The average molecular weight is 1240 g/mol. The predicted octanol–water partition coefficient (Wildman–Crippen LogP) is 21.2. The summed E-state index contributed by atoms with van der Waals surface area (Å²) >= 11 is 0. The Balaban J connectivity index is 0.000000354. The molecule has 2 heterocycles. The summed E-state index contributed by atoms with van der Waals surface area (Å²) in [5.74, 6) is -0.609. The SMILES string of the molecule is CC1(C)C(=CC=CC=CC=CC2N(CCCCS(=O)(=O)[O-])c3ccc4ccccc4c3C2(C)C)N(CCCCS(=O)(=O)O)c2ccc3ccccc3c21.CCCCCCCCCCCCCC[P+](CCCCCC)(CCCCCC)CCCCCC. The fourth-order valence-corrected chi connectivity index (χ4v) is 20.0. The van der Waals surface area contributed by atoms with Crippen LogP contribution < -0.4 is 9.80 Å². The molecule has 0 amide bonds. The summed E-state index contributed by atoms with van der Waals surface area (Å²) in [5, 5.41) is 4.76. The molecule has 2 aliphatic rings. The van der Waals surface area contributed by atoms with E-state index in [0.717, 1.165) is 17.1 Å². The molecule has 0 bridgehead atoms. The van der Waals surface area contributed by atoms with E-state index < -0.39 is 27.5 Å². The third-order valence-corrected chi connectivity index (χ3v) is 25.4. The molecule has 0 radical (unpaired) electrons. The van der Waals surface area contributed by atoms with E-state index in [4.69, 9.17) is 0 Å². The smallest absolute Gasteiger partial charge is 0.264 e. The van der Waals surface area contributed by atoms with Crippen LogP contribution in [0.2, 0.25) is 0 Å². The maximum absolute atomic E-state index is 11.4. The Bertz CT molecular complexity index is 2930. The van der Waals surface area contributed by atoms with E-state index in [1.165, 1.54) is 161 Å². The summed E-state index contributed by atoms with van der Waals surface area (Å²) in [4.78, 5) is 4.63. The van der Waals surface area contributed by atoms with E-state index in [1.807, 2.05) is 36.4 Å². The van der Waals surface area contributed by atoms with Gasteiger partial charge in [-0.2, -0.15) is 8.42 Å². The van der Waals surface area contributed by atoms with Gasteiger partial charge in [-0.3, -0.25) is 4.55 Å². The number of unbranched alkanes of at least 4 members (excludes halogenated alkanes) is 22. The number of rotatable bonds is 42. The van der Waals surface area contributed by atoms with Crippen LogP contribution in [0, 0.1) is 0 Å². The van der Waals surface area contributed by atoms with Crippen molar-refractivity contribution in [3.63, 3.8) is 0 Å². The topological polar surface area (TPSA) is 118 Å². The van der Waals surface area contributed by atoms with Crippen molar-refractivity contribution in [2.24, 2.45) is 0 Å². The summed E-state index contributed by atoms with van der Waals surface area (Å²) in [7, 11) is -8.96. The first kappa shape index (κ1) is 73.0. The summed E-state index contributed by atoms with van der Waals surface area (Å²) in [5.41, 5.74) is 5.35. The van der Waals surface area contributed by atoms with Crippen molar-refractivity contribution in [1.82, 2.24) is 0 Å². The maximum Gasteiger partial charge on any atom is 0.264 e. The Morgan fingerprint density at radius 3 is 1.40 bits per heavy atom. The van der Waals surface area contributed by atoms with Crippen molar-refractivity contribution < 1.29 is 25.9 Å². The predicted molar refractivity (Wildman–Crippen MR) is 377 cm³/mol. The Morgan fingerprint density at radius 2 is 0.895 bits per heavy atom. The van der Waals surface area contributed by atoms with Gasteiger partial charge in [0, 0.05) is 54.0 Å². The van der Waals surface area contributed by atoms with E-state index >= 15 is 0 Å². The molecule has 0 saturated heterocycles. The van der Waals surface area contributed by atoms with Gasteiger partial charge < -0.3 is 14.4 Å². The molecule has 6 rings (SSSR count). The molecule has 1 unspecified atom stereocenters. The Hall–Kier alpha value is -3.79. The molecule has 0 aromatic heterocycles. The molecule has 0 saturated carbocycles. The first-order valence-electron chi connectivity index (χ1n) is 34.4. The van der Waals surface area contributed by atoms with Crippen LogP contribution in [-0.4, -0.2) is 81.2 Å². The van der Waals surface area contributed by atoms with Crippen molar-refractivity contribution in [3.8, 4) is 0 Å². The molecule has 0 spiro atoms. The van der Waals surface area contributed by atoms with Gasteiger partial charge in [0.1, 0.15) is 0 Å². The van der Waals surface area contributed by atoms with Gasteiger partial charge in [0.15, 0.2) is 0 Å². The lowest BCUT2D eigenvalue weighted by Crippen LogP contribution is -2.40. The minimum Gasteiger partial charge on any atom is -0.748 e. The Kier molecular flexibility index (Phi) is 32.3. The van der Waals surface area contributed by atoms with Crippen LogP contribution in [0.5, 0.6) is 0 Å². The van der Waals surface area contributed by atoms with Gasteiger partial charge in [-0.05, 0) is 128 Å². The van der Waals surface area contributed by atoms with Gasteiger partial charge in [-0.15, -0.1) is 0 Å². The molecule has 4 aromatic rings. The van der Waals surface area contributed by atoms with Gasteiger partial charge >= 0.3 is 0 Å². The maximum atomic E-state index is 11.4. The molecule has 2 aliphatic heterocycles. The lowest BCUT2D eigenvalue weighted by atomic mass is 9.78. The van der Waals surface area contributed by atoms with Gasteiger partial charge in [0.2, 0.25) is 0 Å². The number of allylic oxidation sites excluding steroid dienone is 7. The zero-order valence-electron chi connectivity index (χ0n) is 55.1. The van der Waals surface area contributed by atoms with Crippen molar-refractivity contribution >= 4 is 60.4 Å². The lowest BCUT2D eigenvalue weighted by molar-refractivity contribution is 0.456. The molecule has 1 atom stereocenters. The molecule has 1 N–H and O–H groups in total. The van der Waals surface area contributed by atoms with E-state index in [9.17, 15) is 25.9 Å². The fraction of sp³-hybridized carbons (Fsp3) is 0.627. The number of fused-ring (bicyclic) bond motifs is 6. The third-order valence-electron chi connectivity index (χ3n) is 18.7. The van der Waals surface area contributed by atoms with E-state index in [1.54, 1.807) is 50.3 Å². The third kappa shape index (κ3) is 23.5. The Labute approximate surface area is 526 Å². The first-order chi connectivity index (χ1) is 41.3. The fourth-order valence-electron chi connectivity index (χ4n) is 13.9. The zero-order chi connectivity index (χ0) is 62.3. The summed E-state index contributed by atoms with van der Waals surface area (Å²) in [6, 6.07) is 25.4. The summed E-state index contributed by atoms with van der Waals surface area (Å²) in [6.07, 6.45) is 58.5. The van der Waals surface area contributed by atoms with E-state index in [2.05, 4.69) is 144 Å². The van der Waals surface area contributed by atoms with Gasteiger partial charge in [-0.25, -0.2) is 8.42 Å². The molecule has 4 aromatic carbocycles. The standard InChI is InChI=1S/C43H50N2O6S2.C32H68P/c1-42(2)38(44(28-14-16-30-52(46,47)48)36-26-24-32-18-10-12-20-34(32)40(36)42)22-8-6-5-7-9-23-39-43(3,4)41-35-21-13-11-19-33(35)25-27-37(41)45(39)29-15-17-31-53(49,50)51;1-5-9-13-17-18-19-20-21-22-23-24-28-32-33(29-25-14-10-6-2,30-26-15-11-7-3)31-27-16-12-8-4/h5-13,18-27,38H,14-17,28-31H2,1-4H3,(H,46,47,48)(H,49,50,51);5-32H2,1-4H3/q;+1/p-1. The lowest BCUT2D eigenvalue weighted by Gasteiger charge is -2.32. The van der Waals surface area contributed by atoms with Gasteiger partial charge in [0.25, 0.3) is 10.1 Å². The van der Waals surface area contributed by atoms with Crippen LogP contribution in [0.3, 0.4) is 0 Å². The molecule has 11 heteroatoms. The van der Waals surface area contributed by atoms with Crippen molar-refractivity contribution in [2.45, 2.75) is 252 Å². The second kappa shape index (κ2) is 38.0. The molecule has 480 valence electrons. The largest absolute Gasteiger partial charge is 0.748 e. The number of anilines is 2. The van der Waals surface area contributed by atoms with Crippen LogP contribution in [0.4, 0.5) is 11.4 Å². The normalized spacial score (nSPS) is 16.4. The minimum absolute atomic E-state index is 0.0184. The van der Waals surface area contributed by atoms with Gasteiger partial charge in [0.05, 0.1) is 46.6 Å². The highest BCUT2D eigenvalue weighted by molar-refractivity contribution is 7.86. The molecular weight excluding hydrogens is 1120 g/mol. The first-order valence-corrected chi connectivity index (χ1v) is 40.1. The van der Waals surface area contributed by atoms with Crippen LogP contribution >= 0.6 is 7.26 Å². The van der Waals surface area contributed by atoms with E-state index in [-0.39, 0.29) is 28.4 Å². The molecule has 0 aliphatic carbocycles. The van der Waals surface area contributed by atoms with Crippen molar-refractivity contribution in [2.75, 3.05) is 59.0 Å². The highest BCUT2D eigenvalue weighted by Crippen LogP contribution is 2.62. The van der Waals surface area contributed by atoms with Gasteiger partial charge in [-0.1, -0.05) is 255 Å². The van der Waals surface area contributed by atoms with Crippen LogP contribution in [0.1, 0.15) is 246 Å². The monoisotopic (exact) mass is 1240 g/mol. The van der Waals surface area contributed by atoms with Crippen molar-refractivity contribution in [1.29, 1.82) is 0 Å². The van der Waals surface area contributed by atoms with Crippen molar-refractivity contribution in [3.05, 3.63) is 132 Å². The van der Waals surface area contributed by atoms with Crippen LogP contribution in [0.15, 0.2) is 121 Å². The number of hydrogen-bond acceptors (Lipinski definition) is 7. The number of benzene rings is 4.